The van der Waals surface area contributed by atoms with Gasteiger partial charge < -0.3 is 5.32 Å². The first-order valence-electron chi connectivity index (χ1n) is 8.68. The molecule has 7 heteroatoms. The Morgan fingerprint density at radius 1 is 1.18 bits per heavy atom. The van der Waals surface area contributed by atoms with Gasteiger partial charge in [0.15, 0.2) is 0 Å². The first kappa shape index (κ1) is 18.2. The molecule has 5 nitrogen and oxygen atoms in total. The molecule has 28 heavy (non-hydrogen) atoms. The molecule has 0 saturated carbocycles. The van der Waals surface area contributed by atoms with E-state index in [1.807, 2.05) is 37.3 Å². The Kier molecular flexibility index (Phi) is 5.08. The van der Waals surface area contributed by atoms with Gasteiger partial charge in [0.05, 0.1) is 17.0 Å². The summed E-state index contributed by atoms with van der Waals surface area (Å²) in [6, 6.07) is 15.7. The summed E-state index contributed by atoms with van der Waals surface area (Å²) in [5.41, 5.74) is 4.21. The van der Waals surface area contributed by atoms with E-state index in [1.165, 1.54) is 23.9 Å². The number of amides is 1. The van der Waals surface area contributed by atoms with Gasteiger partial charge in [-0.25, -0.2) is 13.9 Å². The predicted molar refractivity (Wildman–Crippen MR) is 109 cm³/mol. The number of halogens is 1. The average molecular weight is 392 g/mol. The largest absolute Gasteiger partial charge is 0.325 e. The van der Waals surface area contributed by atoms with E-state index >= 15 is 0 Å². The van der Waals surface area contributed by atoms with E-state index in [0.29, 0.717) is 5.03 Å². The topological polar surface area (TPSA) is 59.3 Å². The lowest BCUT2D eigenvalue weighted by Crippen LogP contribution is -2.14. The molecule has 0 fully saturated rings. The van der Waals surface area contributed by atoms with E-state index in [0.717, 1.165) is 28.0 Å². The van der Waals surface area contributed by atoms with E-state index in [-0.39, 0.29) is 17.5 Å². The maximum absolute atomic E-state index is 13.1. The Morgan fingerprint density at radius 2 is 2.00 bits per heavy atom. The fourth-order valence-electron chi connectivity index (χ4n) is 2.82. The van der Waals surface area contributed by atoms with Crippen LogP contribution in [0.15, 0.2) is 72.0 Å². The van der Waals surface area contributed by atoms with Gasteiger partial charge in [-0.3, -0.25) is 4.79 Å². The van der Waals surface area contributed by atoms with E-state index < -0.39 is 0 Å². The molecule has 0 radical (unpaired) electrons. The minimum Gasteiger partial charge on any atom is -0.325 e. The highest BCUT2D eigenvalue weighted by atomic mass is 32.2. The number of benzene rings is 2. The third-order valence-electron chi connectivity index (χ3n) is 4.14. The smallest absolute Gasteiger partial charge is 0.234 e. The number of hydrogen-bond acceptors (Lipinski definition) is 4. The van der Waals surface area contributed by atoms with Gasteiger partial charge in [0.2, 0.25) is 5.91 Å². The van der Waals surface area contributed by atoms with Crippen LogP contribution in [0.2, 0.25) is 0 Å². The Bertz CT molecular complexity index is 1140. The second kappa shape index (κ2) is 7.82. The molecule has 0 aliphatic heterocycles. The summed E-state index contributed by atoms with van der Waals surface area (Å²) in [5, 5.41) is 8.12. The van der Waals surface area contributed by atoms with Crippen LogP contribution >= 0.6 is 11.8 Å². The standard InChI is InChI=1S/C21H17FN4OS/c1-14-3-2-4-17(11-14)24-20(27)13-28-21-19-12-18(25-26(19)10-9-23-21)15-5-7-16(22)8-6-15/h2-12H,13H2,1H3,(H,24,27). The molecular weight excluding hydrogens is 375 g/mol. The van der Waals surface area contributed by atoms with E-state index in [1.54, 1.807) is 29.0 Å². The van der Waals surface area contributed by atoms with Crippen LogP contribution in [0.1, 0.15) is 5.56 Å². The van der Waals surface area contributed by atoms with Crippen molar-refractivity contribution in [1.29, 1.82) is 0 Å². The van der Waals surface area contributed by atoms with Crippen LogP contribution in [0.4, 0.5) is 10.1 Å². The zero-order valence-electron chi connectivity index (χ0n) is 15.1. The zero-order valence-corrected chi connectivity index (χ0v) is 15.9. The van der Waals surface area contributed by atoms with Gasteiger partial charge in [0.1, 0.15) is 10.8 Å². The fraction of sp³-hybridized carbons (Fsp3) is 0.0952. The first-order valence-corrected chi connectivity index (χ1v) is 9.67. The van der Waals surface area contributed by atoms with Crippen LogP contribution in [0.5, 0.6) is 0 Å². The average Bonchev–Trinajstić information content (AvgIpc) is 3.12. The molecule has 2 heterocycles. The second-order valence-corrected chi connectivity index (χ2v) is 7.27. The number of rotatable bonds is 5. The van der Waals surface area contributed by atoms with Gasteiger partial charge in [-0.2, -0.15) is 5.10 Å². The quantitative estimate of drug-likeness (QED) is 0.505. The predicted octanol–water partition coefficient (Wildman–Crippen LogP) is 4.57. The highest BCUT2D eigenvalue weighted by molar-refractivity contribution is 8.00. The lowest BCUT2D eigenvalue weighted by molar-refractivity contribution is -0.113. The minimum absolute atomic E-state index is 0.0994. The van der Waals surface area contributed by atoms with Crippen molar-refractivity contribution in [3.8, 4) is 11.3 Å². The van der Waals surface area contributed by atoms with Gasteiger partial charge in [0.25, 0.3) is 0 Å². The number of anilines is 1. The Morgan fingerprint density at radius 3 is 2.79 bits per heavy atom. The van der Waals surface area contributed by atoms with Crippen molar-refractivity contribution >= 4 is 28.9 Å². The summed E-state index contributed by atoms with van der Waals surface area (Å²) in [7, 11) is 0. The Balaban J connectivity index is 1.50. The van der Waals surface area contributed by atoms with Crippen LogP contribution in [-0.2, 0) is 4.79 Å². The molecule has 4 rings (SSSR count). The van der Waals surface area contributed by atoms with E-state index in [9.17, 15) is 9.18 Å². The maximum Gasteiger partial charge on any atom is 0.234 e. The molecule has 0 spiro atoms. The summed E-state index contributed by atoms with van der Waals surface area (Å²) in [4.78, 5) is 16.7. The molecule has 1 N–H and O–H groups in total. The summed E-state index contributed by atoms with van der Waals surface area (Å²) in [6.45, 7) is 1.98. The minimum atomic E-state index is -0.287. The van der Waals surface area contributed by atoms with Gasteiger partial charge in [-0.1, -0.05) is 23.9 Å². The first-order chi connectivity index (χ1) is 13.6. The van der Waals surface area contributed by atoms with Crippen LogP contribution in [0.3, 0.4) is 0 Å². The highest BCUT2D eigenvalue weighted by Crippen LogP contribution is 2.26. The molecule has 0 aliphatic rings. The highest BCUT2D eigenvalue weighted by Gasteiger charge is 2.12. The molecule has 1 amide bonds. The number of thioether (sulfide) groups is 1. The van der Waals surface area contributed by atoms with Crippen molar-refractivity contribution in [3.63, 3.8) is 0 Å². The normalized spacial score (nSPS) is 10.9. The monoisotopic (exact) mass is 392 g/mol. The SMILES string of the molecule is Cc1cccc(NC(=O)CSc2nccn3nc(-c4ccc(F)cc4)cc23)c1. The lowest BCUT2D eigenvalue weighted by Gasteiger charge is -2.06. The third kappa shape index (κ3) is 4.04. The number of nitrogens with one attached hydrogen (secondary N) is 1. The lowest BCUT2D eigenvalue weighted by atomic mass is 10.1. The number of aryl methyl sites for hydroxylation is 1. The molecule has 2 aromatic heterocycles. The summed E-state index contributed by atoms with van der Waals surface area (Å²) >= 11 is 1.35. The number of nitrogens with zero attached hydrogens (tertiary/aromatic N) is 3. The van der Waals surface area contributed by atoms with Crippen LogP contribution in [0, 0.1) is 12.7 Å². The third-order valence-corrected chi connectivity index (χ3v) is 5.13. The number of fused-ring (bicyclic) bond motifs is 1. The number of carbonyl (C=O) groups excluding carboxylic acids is 1. The maximum atomic E-state index is 13.1. The molecule has 0 bridgehead atoms. The van der Waals surface area contributed by atoms with Crippen molar-refractivity contribution in [3.05, 3.63) is 78.4 Å². The fourth-order valence-corrected chi connectivity index (χ4v) is 3.60. The molecule has 0 aliphatic carbocycles. The van der Waals surface area contributed by atoms with Crippen molar-refractivity contribution in [2.75, 3.05) is 11.1 Å². The van der Waals surface area contributed by atoms with Crippen molar-refractivity contribution in [2.45, 2.75) is 11.9 Å². The van der Waals surface area contributed by atoms with E-state index in [4.69, 9.17) is 0 Å². The van der Waals surface area contributed by atoms with Crippen LogP contribution < -0.4 is 5.32 Å². The van der Waals surface area contributed by atoms with Gasteiger partial charge in [-0.15, -0.1) is 0 Å². The van der Waals surface area contributed by atoms with Gasteiger partial charge >= 0.3 is 0 Å². The molecular formula is C21H17FN4OS. The molecule has 0 atom stereocenters. The van der Waals surface area contributed by atoms with E-state index in [2.05, 4.69) is 15.4 Å². The second-order valence-electron chi connectivity index (χ2n) is 6.31. The summed E-state index contributed by atoms with van der Waals surface area (Å²) in [5.74, 6) is -0.153. The summed E-state index contributed by atoms with van der Waals surface area (Å²) in [6.07, 6.45) is 3.40. The number of hydrogen-bond donors (Lipinski definition) is 1. The van der Waals surface area contributed by atoms with Crippen molar-refractivity contribution < 1.29 is 9.18 Å². The van der Waals surface area contributed by atoms with Gasteiger partial charge in [0, 0.05) is 23.6 Å². The Labute approximate surface area is 165 Å². The van der Waals surface area contributed by atoms with Crippen LogP contribution in [-0.4, -0.2) is 26.3 Å². The summed E-state index contributed by atoms with van der Waals surface area (Å²) < 4.78 is 14.9. The number of carbonyl (C=O) groups is 1. The molecule has 2 aromatic carbocycles. The zero-order chi connectivity index (χ0) is 19.5. The molecule has 140 valence electrons. The van der Waals surface area contributed by atoms with Crippen LogP contribution in [0.25, 0.3) is 16.8 Å². The van der Waals surface area contributed by atoms with Gasteiger partial charge in [-0.05, 0) is 55.0 Å². The van der Waals surface area contributed by atoms with Crippen molar-refractivity contribution in [1.82, 2.24) is 14.6 Å². The number of aromatic nitrogens is 3. The molecule has 4 aromatic rings. The molecule has 0 saturated heterocycles. The Hall–Kier alpha value is -3.19. The molecule has 0 unspecified atom stereocenters. The van der Waals surface area contributed by atoms with Crippen molar-refractivity contribution in [2.24, 2.45) is 0 Å².